The lowest BCUT2D eigenvalue weighted by atomic mass is 9.98. The number of likely N-dealkylation sites (tertiary alicyclic amines) is 1. The molecule has 0 radical (unpaired) electrons. The highest BCUT2D eigenvalue weighted by atomic mass is 16.5. The molecule has 1 aliphatic rings. The van der Waals surface area contributed by atoms with E-state index in [0.29, 0.717) is 18.3 Å². The summed E-state index contributed by atoms with van der Waals surface area (Å²) in [5.74, 6) is 1.49. The van der Waals surface area contributed by atoms with Crippen molar-refractivity contribution in [2.24, 2.45) is 5.92 Å². The van der Waals surface area contributed by atoms with Gasteiger partial charge in [0.05, 0.1) is 12.8 Å². The quantitative estimate of drug-likeness (QED) is 0.835. The Morgan fingerprint density at radius 3 is 2.69 bits per heavy atom. The van der Waals surface area contributed by atoms with Crippen LogP contribution in [-0.2, 0) is 0 Å². The van der Waals surface area contributed by atoms with Crippen LogP contribution in [-0.4, -0.2) is 53.8 Å². The van der Waals surface area contributed by atoms with Crippen molar-refractivity contribution in [1.82, 2.24) is 20.4 Å². The summed E-state index contributed by atoms with van der Waals surface area (Å²) in [5, 5.41) is 10.1. The maximum atomic E-state index is 12.4. The highest BCUT2D eigenvalue weighted by Gasteiger charge is 2.21. The summed E-state index contributed by atoms with van der Waals surface area (Å²) in [6.07, 6.45) is 2.48. The Morgan fingerprint density at radius 1 is 1.35 bits per heavy atom. The van der Waals surface area contributed by atoms with Crippen LogP contribution in [0, 0.1) is 5.92 Å². The number of ether oxygens (including phenoxy) is 1. The molecule has 26 heavy (non-hydrogen) atoms. The Kier molecular flexibility index (Phi) is 5.93. The molecule has 2 heterocycles. The Labute approximate surface area is 154 Å². The molecule has 1 aliphatic heterocycles. The van der Waals surface area contributed by atoms with Crippen molar-refractivity contribution >= 4 is 5.91 Å². The minimum Gasteiger partial charge on any atom is -0.497 e. The van der Waals surface area contributed by atoms with Gasteiger partial charge in [0, 0.05) is 18.2 Å². The normalized spacial score (nSPS) is 17.0. The molecular weight excluding hydrogens is 328 g/mol. The number of carbonyl (C=O) groups is 1. The molecule has 0 spiro atoms. The van der Waals surface area contributed by atoms with Crippen molar-refractivity contribution in [1.29, 1.82) is 0 Å². The summed E-state index contributed by atoms with van der Waals surface area (Å²) >= 11 is 0. The van der Waals surface area contributed by atoms with Gasteiger partial charge in [0.1, 0.15) is 11.4 Å². The molecule has 1 atom stereocenters. The van der Waals surface area contributed by atoms with Gasteiger partial charge in [0.15, 0.2) is 0 Å². The fourth-order valence-corrected chi connectivity index (χ4v) is 3.28. The number of aromatic nitrogens is 2. The Hall–Kier alpha value is -2.34. The predicted molar refractivity (Wildman–Crippen MR) is 102 cm³/mol. The van der Waals surface area contributed by atoms with Gasteiger partial charge >= 0.3 is 0 Å². The number of piperidine rings is 1. The molecule has 1 aromatic heterocycles. The molecule has 1 aromatic carbocycles. The molecule has 1 saturated heterocycles. The molecule has 1 fully saturated rings. The number of benzene rings is 1. The molecule has 0 bridgehead atoms. The largest absolute Gasteiger partial charge is 0.497 e. The van der Waals surface area contributed by atoms with E-state index in [4.69, 9.17) is 4.74 Å². The third kappa shape index (κ3) is 4.43. The monoisotopic (exact) mass is 356 g/mol. The fourth-order valence-electron chi connectivity index (χ4n) is 3.28. The second-order valence-corrected chi connectivity index (χ2v) is 7.17. The first-order valence-electron chi connectivity index (χ1n) is 9.29. The molecule has 6 heteroatoms. The average molecular weight is 356 g/mol. The van der Waals surface area contributed by atoms with Crippen LogP contribution < -0.4 is 10.1 Å². The number of rotatable bonds is 6. The molecule has 1 unspecified atom stereocenters. The summed E-state index contributed by atoms with van der Waals surface area (Å²) in [4.78, 5) is 14.9. The van der Waals surface area contributed by atoms with Crippen LogP contribution in [0.15, 0.2) is 30.3 Å². The van der Waals surface area contributed by atoms with E-state index in [-0.39, 0.29) is 5.91 Å². The number of aromatic amines is 1. The van der Waals surface area contributed by atoms with Crippen molar-refractivity contribution in [3.05, 3.63) is 36.0 Å². The highest BCUT2D eigenvalue weighted by Crippen LogP contribution is 2.21. The third-order valence-electron chi connectivity index (χ3n) is 5.21. The molecule has 2 N–H and O–H groups in total. The predicted octanol–water partition coefficient (Wildman–Crippen LogP) is 2.94. The van der Waals surface area contributed by atoms with E-state index >= 15 is 0 Å². The van der Waals surface area contributed by atoms with E-state index in [1.807, 2.05) is 24.3 Å². The first-order chi connectivity index (χ1) is 12.6. The van der Waals surface area contributed by atoms with Crippen molar-refractivity contribution in [2.45, 2.75) is 32.7 Å². The number of nitrogens with zero attached hydrogens (tertiary/aromatic N) is 2. The van der Waals surface area contributed by atoms with Gasteiger partial charge in [0.2, 0.25) is 0 Å². The number of nitrogens with one attached hydrogen (secondary N) is 2. The smallest absolute Gasteiger partial charge is 0.269 e. The zero-order valence-electron chi connectivity index (χ0n) is 15.8. The SMILES string of the molecule is COc1ccc(-c2cc(C(=O)NCC(C)N3CCC(C)CC3)[nH]n2)cc1. The molecule has 3 rings (SSSR count). The van der Waals surface area contributed by atoms with Gasteiger partial charge in [-0.15, -0.1) is 0 Å². The summed E-state index contributed by atoms with van der Waals surface area (Å²) in [7, 11) is 1.64. The molecule has 2 aromatic rings. The lowest BCUT2D eigenvalue weighted by Gasteiger charge is -2.34. The molecule has 0 aliphatic carbocycles. The molecule has 0 saturated carbocycles. The standard InChI is InChI=1S/C20H28N4O2/c1-14-8-10-24(11-9-14)15(2)13-21-20(25)19-12-18(22-23-19)16-4-6-17(26-3)7-5-16/h4-7,12,14-15H,8-11,13H2,1-3H3,(H,21,25)(H,22,23). The van der Waals surface area contributed by atoms with E-state index in [1.54, 1.807) is 13.2 Å². The van der Waals surface area contributed by atoms with Crippen molar-refractivity contribution in [3.8, 4) is 17.0 Å². The van der Waals surface area contributed by atoms with Crippen LogP contribution in [0.3, 0.4) is 0 Å². The summed E-state index contributed by atoms with van der Waals surface area (Å²) in [5.41, 5.74) is 2.17. The van der Waals surface area contributed by atoms with E-state index in [9.17, 15) is 4.79 Å². The third-order valence-corrected chi connectivity index (χ3v) is 5.21. The molecular formula is C20H28N4O2. The Bertz CT molecular complexity index is 718. The zero-order valence-corrected chi connectivity index (χ0v) is 15.8. The van der Waals surface area contributed by atoms with Crippen LogP contribution in [0.2, 0.25) is 0 Å². The minimum absolute atomic E-state index is 0.116. The van der Waals surface area contributed by atoms with Gasteiger partial charge < -0.3 is 10.1 Å². The molecule has 140 valence electrons. The summed E-state index contributed by atoms with van der Waals surface area (Å²) in [6, 6.07) is 9.74. The van der Waals surface area contributed by atoms with Crippen molar-refractivity contribution in [2.75, 3.05) is 26.7 Å². The van der Waals surface area contributed by atoms with E-state index in [0.717, 1.165) is 36.0 Å². The second-order valence-electron chi connectivity index (χ2n) is 7.17. The maximum absolute atomic E-state index is 12.4. The van der Waals surface area contributed by atoms with Gasteiger partial charge in [-0.1, -0.05) is 6.92 Å². The van der Waals surface area contributed by atoms with E-state index in [1.165, 1.54) is 12.8 Å². The Morgan fingerprint density at radius 2 is 2.04 bits per heavy atom. The summed E-state index contributed by atoms with van der Waals surface area (Å²) < 4.78 is 5.16. The van der Waals surface area contributed by atoms with E-state index < -0.39 is 0 Å². The van der Waals surface area contributed by atoms with Gasteiger partial charge in [-0.2, -0.15) is 5.10 Å². The van der Waals surface area contributed by atoms with Crippen molar-refractivity contribution < 1.29 is 9.53 Å². The Balaban J connectivity index is 1.54. The first-order valence-corrected chi connectivity index (χ1v) is 9.29. The first kappa shape index (κ1) is 18.5. The molecule has 1 amide bonds. The molecule has 6 nitrogen and oxygen atoms in total. The lowest BCUT2D eigenvalue weighted by molar-refractivity contribution is 0.0917. The van der Waals surface area contributed by atoms with Crippen LogP contribution in [0.1, 0.15) is 37.2 Å². The minimum atomic E-state index is -0.116. The van der Waals surface area contributed by atoms with Crippen molar-refractivity contribution in [3.63, 3.8) is 0 Å². The number of hydrogen-bond acceptors (Lipinski definition) is 4. The number of carbonyl (C=O) groups excluding carboxylic acids is 1. The van der Waals surface area contributed by atoms with E-state index in [2.05, 4.69) is 34.3 Å². The zero-order chi connectivity index (χ0) is 18.5. The average Bonchev–Trinajstić information content (AvgIpc) is 3.17. The van der Waals surface area contributed by atoms with Gasteiger partial charge in [-0.25, -0.2) is 0 Å². The number of methoxy groups -OCH3 is 1. The van der Waals surface area contributed by atoms with Crippen LogP contribution in [0.25, 0.3) is 11.3 Å². The number of hydrogen-bond donors (Lipinski definition) is 2. The lowest BCUT2D eigenvalue weighted by Crippen LogP contribution is -2.45. The van der Waals surface area contributed by atoms with Crippen LogP contribution in [0.4, 0.5) is 0 Å². The highest BCUT2D eigenvalue weighted by molar-refractivity contribution is 5.93. The van der Waals surface area contributed by atoms with Gasteiger partial charge in [-0.3, -0.25) is 14.8 Å². The second kappa shape index (κ2) is 8.36. The van der Waals surface area contributed by atoms with Crippen LogP contribution >= 0.6 is 0 Å². The van der Waals surface area contributed by atoms with Gasteiger partial charge in [0.25, 0.3) is 5.91 Å². The summed E-state index contributed by atoms with van der Waals surface area (Å²) in [6.45, 7) is 7.35. The maximum Gasteiger partial charge on any atom is 0.269 e. The fraction of sp³-hybridized carbons (Fsp3) is 0.500. The van der Waals surface area contributed by atoms with Gasteiger partial charge in [-0.05, 0) is 69.1 Å². The number of H-pyrrole nitrogens is 1. The topological polar surface area (TPSA) is 70.2 Å². The number of amides is 1. The van der Waals surface area contributed by atoms with Crippen LogP contribution in [0.5, 0.6) is 5.75 Å².